The van der Waals surface area contributed by atoms with Crippen molar-refractivity contribution >= 4 is 23.3 Å². The van der Waals surface area contributed by atoms with Crippen molar-refractivity contribution in [1.82, 2.24) is 9.80 Å². The Morgan fingerprint density at radius 1 is 1.05 bits per heavy atom. The molecule has 3 heterocycles. The molecule has 0 radical (unpaired) electrons. The van der Waals surface area contributed by atoms with Crippen LogP contribution in [0.4, 0.5) is 0 Å². The average Bonchev–Trinajstić information content (AvgIpc) is 3.61. The molecule has 1 amide bonds. The molecule has 0 aliphatic carbocycles. The fraction of sp³-hybridized carbons (Fsp3) is 0.424. The largest absolute Gasteiger partial charge is 0.390 e. The summed E-state index contributed by atoms with van der Waals surface area (Å²) in [7, 11) is 0. The molecule has 38 heavy (non-hydrogen) atoms. The molecule has 0 saturated carbocycles. The van der Waals surface area contributed by atoms with Crippen molar-refractivity contribution in [1.29, 1.82) is 0 Å². The van der Waals surface area contributed by atoms with E-state index in [0.29, 0.717) is 11.8 Å². The number of nitrogens with zero attached hydrogens (tertiary/aromatic N) is 2. The van der Waals surface area contributed by atoms with Crippen LogP contribution in [0.15, 0.2) is 77.5 Å². The summed E-state index contributed by atoms with van der Waals surface area (Å²) in [5.74, 6) is 0.894. The van der Waals surface area contributed by atoms with E-state index in [9.17, 15) is 9.90 Å². The van der Waals surface area contributed by atoms with E-state index in [1.807, 2.05) is 37.3 Å². The van der Waals surface area contributed by atoms with Gasteiger partial charge < -0.3 is 14.9 Å². The summed E-state index contributed by atoms with van der Waals surface area (Å²) < 4.78 is 0. The molecule has 0 bridgehead atoms. The van der Waals surface area contributed by atoms with Crippen LogP contribution in [0.3, 0.4) is 0 Å². The standard InChI is InChI=1S/C33H40N2O2S/c1-2-7-26-11-13-28(14-12-26)32(36)35-23-30(31(24-35)29-15-21-38-25-29)22-34-19-17-33(37,18-20-34)16-6-10-27-8-4-3-5-9-27/h2-5,7-9,11-15,21,25,30-31,37H,6,10,16-20,22-24H2,1H3/b7-2+. The number of aliphatic hydroxyl groups is 1. The quantitative estimate of drug-likeness (QED) is 0.345. The Balaban J connectivity index is 1.17. The Morgan fingerprint density at radius 2 is 1.82 bits per heavy atom. The summed E-state index contributed by atoms with van der Waals surface area (Å²) in [5, 5.41) is 15.6. The third-order valence-electron chi connectivity index (χ3n) is 8.45. The van der Waals surface area contributed by atoms with Crippen LogP contribution in [0.5, 0.6) is 0 Å². The van der Waals surface area contributed by atoms with Crippen LogP contribution in [0, 0.1) is 5.92 Å². The minimum Gasteiger partial charge on any atom is -0.390 e. The molecule has 3 aromatic rings. The normalized spacial score (nSPS) is 21.8. The SMILES string of the molecule is C/C=C/c1ccc(C(=O)N2CC(CN3CCC(O)(CCCc4ccccc4)CC3)C(c3ccsc3)C2)cc1. The Hall–Kier alpha value is -2.73. The van der Waals surface area contributed by atoms with Crippen molar-refractivity contribution < 1.29 is 9.90 Å². The van der Waals surface area contributed by atoms with E-state index in [1.165, 1.54) is 11.1 Å². The van der Waals surface area contributed by atoms with Crippen molar-refractivity contribution in [3.05, 3.63) is 99.8 Å². The first-order valence-corrected chi connectivity index (χ1v) is 15.0. The maximum Gasteiger partial charge on any atom is 0.253 e. The second kappa shape index (κ2) is 12.4. The molecule has 5 rings (SSSR count). The number of likely N-dealkylation sites (tertiary alicyclic amines) is 2. The molecule has 2 aliphatic heterocycles. The second-order valence-corrected chi connectivity index (χ2v) is 11.9. The summed E-state index contributed by atoms with van der Waals surface area (Å²) in [4.78, 5) is 18.0. The van der Waals surface area contributed by atoms with Crippen LogP contribution < -0.4 is 0 Å². The van der Waals surface area contributed by atoms with Gasteiger partial charge in [-0.05, 0) is 90.6 Å². The number of amides is 1. The maximum atomic E-state index is 13.4. The average molecular weight is 529 g/mol. The van der Waals surface area contributed by atoms with Crippen LogP contribution in [0.25, 0.3) is 6.08 Å². The summed E-state index contributed by atoms with van der Waals surface area (Å²) in [6.07, 6.45) is 8.65. The first kappa shape index (κ1) is 26.9. The molecule has 0 spiro atoms. The minimum atomic E-state index is -0.547. The van der Waals surface area contributed by atoms with E-state index in [2.05, 4.69) is 63.0 Å². The number of carbonyl (C=O) groups excluding carboxylic acids is 1. The molecule has 5 heteroatoms. The third-order valence-corrected chi connectivity index (χ3v) is 9.15. The van der Waals surface area contributed by atoms with Gasteiger partial charge in [0.2, 0.25) is 0 Å². The van der Waals surface area contributed by atoms with Gasteiger partial charge in [0.15, 0.2) is 0 Å². The lowest BCUT2D eigenvalue weighted by molar-refractivity contribution is -0.0315. The second-order valence-electron chi connectivity index (χ2n) is 11.1. The highest BCUT2D eigenvalue weighted by atomic mass is 32.1. The lowest BCUT2D eigenvalue weighted by Crippen LogP contribution is -2.46. The van der Waals surface area contributed by atoms with Gasteiger partial charge >= 0.3 is 0 Å². The van der Waals surface area contributed by atoms with Gasteiger partial charge in [-0.25, -0.2) is 0 Å². The Morgan fingerprint density at radius 3 is 2.50 bits per heavy atom. The molecule has 2 unspecified atom stereocenters. The number of rotatable bonds is 9. The molecule has 2 atom stereocenters. The van der Waals surface area contributed by atoms with Gasteiger partial charge in [-0.1, -0.05) is 54.6 Å². The summed E-state index contributed by atoms with van der Waals surface area (Å²) in [5.41, 5.74) is 4.04. The maximum absolute atomic E-state index is 13.4. The topological polar surface area (TPSA) is 43.8 Å². The van der Waals surface area contributed by atoms with Gasteiger partial charge in [-0.2, -0.15) is 11.3 Å². The molecular weight excluding hydrogens is 488 g/mol. The zero-order valence-corrected chi connectivity index (χ0v) is 23.3. The van der Waals surface area contributed by atoms with Gasteiger partial charge in [0.05, 0.1) is 5.60 Å². The van der Waals surface area contributed by atoms with Crippen LogP contribution in [-0.2, 0) is 6.42 Å². The van der Waals surface area contributed by atoms with Crippen LogP contribution in [0.1, 0.15) is 65.6 Å². The van der Waals surface area contributed by atoms with Crippen molar-refractivity contribution in [3.8, 4) is 0 Å². The van der Waals surface area contributed by atoms with Gasteiger partial charge in [-0.15, -0.1) is 0 Å². The molecule has 1 aromatic heterocycles. The van der Waals surface area contributed by atoms with E-state index in [0.717, 1.165) is 76.0 Å². The van der Waals surface area contributed by atoms with Crippen molar-refractivity contribution in [2.24, 2.45) is 5.92 Å². The van der Waals surface area contributed by atoms with Crippen LogP contribution in [-0.4, -0.2) is 59.1 Å². The molecule has 4 nitrogen and oxygen atoms in total. The molecule has 2 fully saturated rings. The summed E-state index contributed by atoms with van der Waals surface area (Å²) >= 11 is 1.74. The fourth-order valence-corrected chi connectivity index (χ4v) is 6.92. The minimum absolute atomic E-state index is 0.131. The number of aryl methyl sites for hydroxylation is 1. The van der Waals surface area contributed by atoms with E-state index in [4.69, 9.17) is 0 Å². The zero-order valence-electron chi connectivity index (χ0n) is 22.5. The molecule has 2 aromatic carbocycles. The van der Waals surface area contributed by atoms with Gasteiger partial charge in [0, 0.05) is 44.2 Å². The van der Waals surface area contributed by atoms with Crippen molar-refractivity contribution in [2.45, 2.75) is 50.5 Å². The number of carbonyl (C=O) groups is 1. The van der Waals surface area contributed by atoms with E-state index in [-0.39, 0.29) is 5.91 Å². The zero-order chi connectivity index (χ0) is 26.4. The number of hydrogen-bond donors (Lipinski definition) is 1. The van der Waals surface area contributed by atoms with Gasteiger partial charge in [-0.3, -0.25) is 4.79 Å². The Bertz CT molecular complexity index is 1180. The number of benzene rings is 2. The van der Waals surface area contributed by atoms with Crippen LogP contribution >= 0.6 is 11.3 Å². The highest BCUT2D eigenvalue weighted by Crippen LogP contribution is 2.36. The van der Waals surface area contributed by atoms with E-state index in [1.54, 1.807) is 11.3 Å². The predicted octanol–water partition coefficient (Wildman–Crippen LogP) is 6.49. The Kier molecular flexibility index (Phi) is 8.78. The first-order chi connectivity index (χ1) is 18.5. The fourth-order valence-electron chi connectivity index (χ4n) is 6.20. The van der Waals surface area contributed by atoms with Crippen LogP contribution in [0.2, 0.25) is 0 Å². The highest BCUT2D eigenvalue weighted by Gasteiger charge is 2.39. The first-order valence-electron chi connectivity index (χ1n) is 14.1. The van der Waals surface area contributed by atoms with Gasteiger partial charge in [0.1, 0.15) is 0 Å². The number of hydrogen-bond acceptors (Lipinski definition) is 4. The van der Waals surface area contributed by atoms with E-state index >= 15 is 0 Å². The number of piperidine rings is 1. The Labute approximate surface area is 231 Å². The highest BCUT2D eigenvalue weighted by molar-refractivity contribution is 7.08. The lowest BCUT2D eigenvalue weighted by atomic mass is 9.84. The molecule has 2 aliphatic rings. The molecular formula is C33H40N2O2S. The number of allylic oxidation sites excluding steroid dienone is 1. The third kappa shape index (κ3) is 6.63. The summed E-state index contributed by atoms with van der Waals surface area (Å²) in [6, 6.07) is 20.7. The molecule has 1 N–H and O–H groups in total. The lowest BCUT2D eigenvalue weighted by Gasteiger charge is -2.39. The monoisotopic (exact) mass is 528 g/mol. The van der Waals surface area contributed by atoms with Crippen molar-refractivity contribution in [3.63, 3.8) is 0 Å². The van der Waals surface area contributed by atoms with Crippen molar-refractivity contribution in [2.75, 3.05) is 32.7 Å². The predicted molar refractivity (Wildman–Crippen MR) is 158 cm³/mol. The van der Waals surface area contributed by atoms with Gasteiger partial charge in [0.25, 0.3) is 5.91 Å². The smallest absolute Gasteiger partial charge is 0.253 e. The summed E-state index contributed by atoms with van der Waals surface area (Å²) in [6.45, 7) is 6.39. The molecule has 200 valence electrons. The molecule has 2 saturated heterocycles. The number of thiophene rings is 1. The van der Waals surface area contributed by atoms with E-state index < -0.39 is 5.60 Å².